The van der Waals surface area contributed by atoms with E-state index in [1.165, 1.54) is 12.1 Å². The Morgan fingerprint density at radius 3 is 2.48 bits per heavy atom. The normalized spacial score (nSPS) is 10.8. The van der Waals surface area contributed by atoms with Crippen LogP contribution in [0.2, 0.25) is 0 Å². The number of benzene rings is 2. The van der Waals surface area contributed by atoms with Crippen molar-refractivity contribution in [3.63, 3.8) is 0 Å². The second kappa shape index (κ2) is 8.58. The molecule has 0 saturated carbocycles. The van der Waals surface area contributed by atoms with Gasteiger partial charge in [0, 0.05) is 30.6 Å². The quantitative estimate of drug-likeness (QED) is 0.614. The van der Waals surface area contributed by atoms with E-state index in [4.69, 9.17) is 4.52 Å². The Kier molecular flexibility index (Phi) is 5.96. The van der Waals surface area contributed by atoms with Crippen LogP contribution in [0.4, 0.5) is 10.1 Å². The van der Waals surface area contributed by atoms with Crippen LogP contribution in [0, 0.1) is 12.7 Å². The van der Waals surface area contributed by atoms with Gasteiger partial charge < -0.3 is 9.42 Å². The molecular weight excluding hydrogens is 345 g/mol. The molecule has 0 bridgehead atoms. The Morgan fingerprint density at radius 1 is 1.11 bits per heavy atom. The second-order valence-electron chi connectivity index (χ2n) is 6.40. The highest BCUT2D eigenvalue weighted by Crippen LogP contribution is 2.19. The van der Waals surface area contributed by atoms with E-state index < -0.39 is 0 Å². The number of hydrogen-bond acceptors (Lipinski definition) is 4. The average Bonchev–Trinajstić information content (AvgIpc) is 3.15. The molecule has 0 N–H and O–H groups in total. The molecule has 5 nitrogen and oxygen atoms in total. The standard InChI is InChI=1S/C21H22FN3O2/c1-3-14-25(18-10-8-17(22)9-11-18)20(26)13-12-19-23-21(24-27-19)16-6-4-15(2)5-7-16/h4-11H,3,12-14H2,1-2H3. The maximum absolute atomic E-state index is 13.1. The topological polar surface area (TPSA) is 59.2 Å². The lowest BCUT2D eigenvalue weighted by Crippen LogP contribution is -2.31. The van der Waals surface area contributed by atoms with Crippen LogP contribution in [0.15, 0.2) is 53.1 Å². The summed E-state index contributed by atoms with van der Waals surface area (Å²) in [5, 5.41) is 3.99. The Bertz CT molecular complexity index is 889. The molecule has 0 radical (unpaired) electrons. The maximum atomic E-state index is 13.1. The van der Waals surface area contributed by atoms with Gasteiger partial charge in [-0.25, -0.2) is 4.39 Å². The van der Waals surface area contributed by atoms with Gasteiger partial charge in [-0.2, -0.15) is 4.98 Å². The molecule has 140 valence electrons. The van der Waals surface area contributed by atoms with Gasteiger partial charge in [0.25, 0.3) is 0 Å². The summed E-state index contributed by atoms with van der Waals surface area (Å²) in [6.45, 7) is 4.58. The minimum Gasteiger partial charge on any atom is -0.339 e. The highest BCUT2D eigenvalue weighted by atomic mass is 19.1. The van der Waals surface area contributed by atoms with E-state index in [0.717, 1.165) is 17.5 Å². The molecule has 3 aromatic rings. The first-order valence-corrected chi connectivity index (χ1v) is 9.02. The Balaban J connectivity index is 1.65. The van der Waals surface area contributed by atoms with Crippen LogP contribution in [0.3, 0.4) is 0 Å². The van der Waals surface area contributed by atoms with Gasteiger partial charge in [-0.3, -0.25) is 4.79 Å². The fraction of sp³-hybridized carbons (Fsp3) is 0.286. The zero-order valence-corrected chi connectivity index (χ0v) is 15.5. The molecule has 1 aromatic heterocycles. The van der Waals surface area contributed by atoms with Crippen molar-refractivity contribution in [2.75, 3.05) is 11.4 Å². The van der Waals surface area contributed by atoms with Gasteiger partial charge in [0.15, 0.2) is 0 Å². The van der Waals surface area contributed by atoms with E-state index in [-0.39, 0.29) is 18.1 Å². The summed E-state index contributed by atoms with van der Waals surface area (Å²) < 4.78 is 18.4. The van der Waals surface area contributed by atoms with Crippen LogP contribution < -0.4 is 4.90 Å². The average molecular weight is 367 g/mol. The Morgan fingerprint density at radius 2 is 1.81 bits per heavy atom. The molecule has 6 heteroatoms. The molecule has 2 aromatic carbocycles. The molecular formula is C21H22FN3O2. The van der Waals surface area contributed by atoms with Crippen molar-refractivity contribution in [3.8, 4) is 11.4 Å². The van der Waals surface area contributed by atoms with Crippen LogP contribution in [0.25, 0.3) is 11.4 Å². The third-order valence-electron chi connectivity index (χ3n) is 4.22. The number of anilines is 1. The van der Waals surface area contributed by atoms with Gasteiger partial charge in [0.1, 0.15) is 5.82 Å². The van der Waals surface area contributed by atoms with E-state index in [0.29, 0.717) is 30.4 Å². The van der Waals surface area contributed by atoms with Gasteiger partial charge in [-0.05, 0) is 37.6 Å². The van der Waals surface area contributed by atoms with E-state index >= 15 is 0 Å². The summed E-state index contributed by atoms with van der Waals surface area (Å²) in [6, 6.07) is 13.8. The molecule has 1 heterocycles. The zero-order chi connectivity index (χ0) is 19.2. The number of hydrogen-bond donors (Lipinski definition) is 0. The molecule has 0 spiro atoms. The van der Waals surface area contributed by atoms with Crippen molar-refractivity contribution < 1.29 is 13.7 Å². The van der Waals surface area contributed by atoms with E-state index in [1.807, 2.05) is 38.1 Å². The number of amides is 1. The van der Waals surface area contributed by atoms with Gasteiger partial charge in [0.05, 0.1) is 0 Å². The largest absolute Gasteiger partial charge is 0.339 e. The van der Waals surface area contributed by atoms with Gasteiger partial charge >= 0.3 is 0 Å². The maximum Gasteiger partial charge on any atom is 0.227 e. The third-order valence-corrected chi connectivity index (χ3v) is 4.22. The van der Waals surface area contributed by atoms with Crippen molar-refractivity contribution in [1.29, 1.82) is 0 Å². The lowest BCUT2D eigenvalue weighted by atomic mass is 10.1. The number of rotatable bonds is 7. The van der Waals surface area contributed by atoms with Crippen LogP contribution in [0.5, 0.6) is 0 Å². The lowest BCUT2D eigenvalue weighted by Gasteiger charge is -2.22. The molecule has 0 aliphatic heterocycles. The molecule has 0 aliphatic rings. The second-order valence-corrected chi connectivity index (χ2v) is 6.40. The molecule has 1 amide bonds. The first-order valence-electron chi connectivity index (χ1n) is 9.02. The number of nitrogens with zero attached hydrogens (tertiary/aromatic N) is 3. The van der Waals surface area contributed by atoms with Gasteiger partial charge in [-0.1, -0.05) is 41.9 Å². The van der Waals surface area contributed by atoms with E-state index in [1.54, 1.807) is 17.0 Å². The molecule has 0 unspecified atom stereocenters. The molecule has 3 rings (SSSR count). The summed E-state index contributed by atoms with van der Waals surface area (Å²) in [5.74, 6) is 0.562. The van der Waals surface area contributed by atoms with Crippen LogP contribution in [-0.4, -0.2) is 22.6 Å². The van der Waals surface area contributed by atoms with Crippen molar-refractivity contribution in [1.82, 2.24) is 10.1 Å². The van der Waals surface area contributed by atoms with E-state index in [9.17, 15) is 9.18 Å². The Labute approximate surface area is 157 Å². The summed E-state index contributed by atoms with van der Waals surface area (Å²) in [7, 11) is 0. The molecule has 27 heavy (non-hydrogen) atoms. The lowest BCUT2D eigenvalue weighted by molar-refractivity contribution is -0.118. The smallest absolute Gasteiger partial charge is 0.227 e. The van der Waals surface area contributed by atoms with Crippen molar-refractivity contribution in [2.45, 2.75) is 33.1 Å². The first-order chi connectivity index (χ1) is 13.1. The summed E-state index contributed by atoms with van der Waals surface area (Å²) >= 11 is 0. The predicted octanol–water partition coefficient (Wildman–Crippen LogP) is 4.56. The van der Waals surface area contributed by atoms with Crippen molar-refractivity contribution in [3.05, 3.63) is 65.8 Å². The molecule has 0 atom stereocenters. The fourth-order valence-corrected chi connectivity index (χ4v) is 2.77. The fourth-order valence-electron chi connectivity index (χ4n) is 2.77. The van der Waals surface area contributed by atoms with Gasteiger partial charge in [-0.15, -0.1) is 0 Å². The number of aryl methyl sites for hydroxylation is 2. The van der Waals surface area contributed by atoms with Crippen LogP contribution >= 0.6 is 0 Å². The highest BCUT2D eigenvalue weighted by Gasteiger charge is 2.17. The summed E-state index contributed by atoms with van der Waals surface area (Å²) in [4.78, 5) is 18.7. The summed E-state index contributed by atoms with van der Waals surface area (Å²) in [6.07, 6.45) is 1.41. The minimum absolute atomic E-state index is 0.0569. The third kappa shape index (κ3) is 4.78. The number of carbonyl (C=O) groups is 1. The molecule has 0 fully saturated rings. The zero-order valence-electron chi connectivity index (χ0n) is 15.5. The highest BCUT2D eigenvalue weighted by molar-refractivity contribution is 5.93. The Hall–Kier alpha value is -3.02. The van der Waals surface area contributed by atoms with Crippen molar-refractivity contribution >= 4 is 11.6 Å². The number of carbonyl (C=O) groups excluding carboxylic acids is 1. The molecule has 0 aliphatic carbocycles. The monoisotopic (exact) mass is 367 g/mol. The van der Waals surface area contributed by atoms with E-state index in [2.05, 4.69) is 10.1 Å². The number of halogens is 1. The van der Waals surface area contributed by atoms with Crippen molar-refractivity contribution in [2.24, 2.45) is 0 Å². The SMILES string of the molecule is CCCN(C(=O)CCc1nc(-c2ccc(C)cc2)no1)c1ccc(F)cc1. The molecule has 0 saturated heterocycles. The van der Waals surface area contributed by atoms with Gasteiger partial charge in [0.2, 0.25) is 17.6 Å². The minimum atomic E-state index is -0.322. The number of aromatic nitrogens is 2. The first kappa shape index (κ1) is 18.8. The summed E-state index contributed by atoms with van der Waals surface area (Å²) in [5.41, 5.74) is 2.72. The van der Waals surface area contributed by atoms with Crippen LogP contribution in [-0.2, 0) is 11.2 Å². The predicted molar refractivity (Wildman–Crippen MR) is 102 cm³/mol. The van der Waals surface area contributed by atoms with Crippen LogP contribution in [0.1, 0.15) is 31.2 Å².